The molecule has 1 atom stereocenters. The van der Waals surface area contributed by atoms with Gasteiger partial charge in [0, 0.05) is 35.8 Å². The SMILES string of the molecule is Cc1cc2cc(-c3cccc4c3CN(C3CCC(=O)NC3=O)C4=O)ccc2cn1. The molecule has 144 valence electrons. The Morgan fingerprint density at radius 2 is 1.86 bits per heavy atom. The van der Waals surface area contributed by atoms with Crippen molar-refractivity contribution >= 4 is 28.5 Å². The third-order valence-corrected chi connectivity index (χ3v) is 5.75. The highest BCUT2D eigenvalue weighted by molar-refractivity contribution is 6.06. The van der Waals surface area contributed by atoms with Crippen molar-refractivity contribution in [1.82, 2.24) is 15.2 Å². The summed E-state index contributed by atoms with van der Waals surface area (Å²) in [5.74, 6) is -0.827. The highest BCUT2D eigenvalue weighted by atomic mass is 16.2. The number of nitrogens with one attached hydrogen (secondary N) is 1. The molecule has 3 amide bonds. The first kappa shape index (κ1) is 17.6. The fourth-order valence-electron chi connectivity index (χ4n) is 4.27. The average Bonchev–Trinajstić information content (AvgIpc) is 3.04. The van der Waals surface area contributed by atoms with Crippen molar-refractivity contribution < 1.29 is 14.4 Å². The van der Waals surface area contributed by atoms with E-state index in [0.29, 0.717) is 18.5 Å². The van der Waals surface area contributed by atoms with Gasteiger partial charge in [0.15, 0.2) is 0 Å². The van der Waals surface area contributed by atoms with Gasteiger partial charge in [-0.05, 0) is 53.6 Å². The highest BCUT2D eigenvalue weighted by Crippen LogP contribution is 2.35. The van der Waals surface area contributed by atoms with Gasteiger partial charge in [0.05, 0.1) is 0 Å². The molecule has 0 spiro atoms. The lowest BCUT2D eigenvalue weighted by molar-refractivity contribution is -0.136. The van der Waals surface area contributed by atoms with Gasteiger partial charge in [0.2, 0.25) is 11.8 Å². The van der Waals surface area contributed by atoms with Gasteiger partial charge in [0.1, 0.15) is 6.04 Å². The topological polar surface area (TPSA) is 79.4 Å². The fourth-order valence-corrected chi connectivity index (χ4v) is 4.27. The van der Waals surface area contributed by atoms with Crippen molar-refractivity contribution in [1.29, 1.82) is 0 Å². The molecule has 2 aromatic carbocycles. The van der Waals surface area contributed by atoms with Crippen LogP contribution in [-0.2, 0) is 16.1 Å². The Morgan fingerprint density at radius 1 is 1.03 bits per heavy atom. The molecular weight excluding hydrogens is 366 g/mol. The second-order valence-electron chi connectivity index (χ2n) is 7.62. The Morgan fingerprint density at radius 3 is 2.69 bits per heavy atom. The number of carbonyl (C=O) groups is 3. The number of rotatable bonds is 2. The molecule has 2 aliphatic heterocycles. The first-order valence-electron chi connectivity index (χ1n) is 9.64. The van der Waals surface area contributed by atoms with Crippen LogP contribution in [0.5, 0.6) is 0 Å². The van der Waals surface area contributed by atoms with Crippen LogP contribution < -0.4 is 5.32 Å². The van der Waals surface area contributed by atoms with Gasteiger partial charge in [-0.1, -0.05) is 24.3 Å². The number of aromatic nitrogens is 1. The molecule has 3 aromatic rings. The third-order valence-electron chi connectivity index (χ3n) is 5.75. The third kappa shape index (κ3) is 2.88. The maximum atomic E-state index is 13.0. The lowest BCUT2D eigenvalue weighted by Crippen LogP contribution is -2.52. The summed E-state index contributed by atoms with van der Waals surface area (Å²) in [6, 6.07) is 13.3. The van der Waals surface area contributed by atoms with Crippen LogP contribution in [-0.4, -0.2) is 33.6 Å². The van der Waals surface area contributed by atoms with E-state index in [-0.39, 0.29) is 18.2 Å². The van der Waals surface area contributed by atoms with Crippen molar-refractivity contribution in [3.05, 3.63) is 65.5 Å². The number of imide groups is 1. The molecule has 0 radical (unpaired) electrons. The summed E-state index contributed by atoms with van der Waals surface area (Å²) in [5.41, 5.74) is 4.51. The number of aryl methyl sites for hydroxylation is 1. The molecule has 1 N–H and O–H groups in total. The lowest BCUT2D eigenvalue weighted by atomic mass is 9.95. The zero-order valence-corrected chi connectivity index (χ0v) is 15.9. The lowest BCUT2D eigenvalue weighted by Gasteiger charge is -2.29. The molecule has 0 aliphatic carbocycles. The Labute approximate surface area is 167 Å². The number of benzene rings is 2. The number of hydrogen-bond acceptors (Lipinski definition) is 4. The van der Waals surface area contributed by atoms with Gasteiger partial charge < -0.3 is 4.90 Å². The van der Waals surface area contributed by atoms with Crippen molar-refractivity contribution in [2.75, 3.05) is 0 Å². The average molecular weight is 385 g/mol. The van der Waals surface area contributed by atoms with Crippen LogP contribution in [0.15, 0.2) is 48.7 Å². The zero-order chi connectivity index (χ0) is 20.1. The second kappa shape index (κ2) is 6.51. The number of hydrogen-bond donors (Lipinski definition) is 1. The minimum Gasteiger partial charge on any atom is -0.322 e. The van der Waals surface area contributed by atoms with E-state index in [9.17, 15) is 14.4 Å². The smallest absolute Gasteiger partial charge is 0.255 e. The van der Waals surface area contributed by atoms with E-state index >= 15 is 0 Å². The minimum absolute atomic E-state index is 0.155. The van der Waals surface area contributed by atoms with Crippen molar-refractivity contribution in [2.24, 2.45) is 0 Å². The van der Waals surface area contributed by atoms with Gasteiger partial charge in [0.25, 0.3) is 5.91 Å². The van der Waals surface area contributed by atoms with E-state index in [1.165, 1.54) is 0 Å². The zero-order valence-electron chi connectivity index (χ0n) is 15.9. The Hall–Kier alpha value is -3.54. The molecule has 3 heterocycles. The summed E-state index contributed by atoms with van der Waals surface area (Å²) in [7, 11) is 0. The van der Waals surface area contributed by atoms with Gasteiger partial charge >= 0.3 is 0 Å². The summed E-state index contributed by atoms with van der Waals surface area (Å²) >= 11 is 0. The summed E-state index contributed by atoms with van der Waals surface area (Å²) in [4.78, 5) is 42.7. The number of piperidine rings is 1. The highest BCUT2D eigenvalue weighted by Gasteiger charge is 2.39. The van der Waals surface area contributed by atoms with Crippen LogP contribution in [0.25, 0.3) is 21.9 Å². The molecule has 29 heavy (non-hydrogen) atoms. The summed E-state index contributed by atoms with van der Waals surface area (Å²) < 4.78 is 0. The molecule has 5 rings (SSSR count). The number of pyridine rings is 1. The standard InChI is InChI=1S/C23H19N3O3/c1-13-9-16-10-14(5-6-15(16)11-24-13)17-3-2-4-18-19(17)12-26(23(18)29)20-7-8-21(27)25-22(20)28/h2-6,9-11,20H,7-8,12H2,1H3,(H,25,27,28). The predicted molar refractivity (Wildman–Crippen MR) is 108 cm³/mol. The first-order valence-corrected chi connectivity index (χ1v) is 9.64. The van der Waals surface area contributed by atoms with Crippen molar-refractivity contribution in [2.45, 2.75) is 32.4 Å². The number of fused-ring (bicyclic) bond motifs is 2. The largest absolute Gasteiger partial charge is 0.322 e. The van der Waals surface area contributed by atoms with Gasteiger partial charge in [-0.25, -0.2) is 0 Å². The molecule has 2 aliphatic rings. The summed E-state index contributed by atoms with van der Waals surface area (Å²) in [5, 5.41) is 4.51. The van der Waals surface area contributed by atoms with Crippen molar-refractivity contribution in [3.8, 4) is 11.1 Å². The molecule has 1 aromatic heterocycles. The minimum atomic E-state index is -0.606. The molecule has 1 saturated heterocycles. The Balaban J connectivity index is 1.54. The molecule has 0 saturated carbocycles. The van der Waals surface area contributed by atoms with Crippen LogP contribution in [0.4, 0.5) is 0 Å². The molecule has 1 fully saturated rings. The van der Waals surface area contributed by atoms with E-state index in [1.807, 2.05) is 49.5 Å². The molecule has 1 unspecified atom stereocenters. The maximum absolute atomic E-state index is 13.0. The molecule has 0 bridgehead atoms. The van der Waals surface area contributed by atoms with E-state index in [0.717, 1.165) is 33.2 Å². The number of nitrogens with zero attached hydrogens (tertiary/aromatic N) is 2. The van der Waals surface area contributed by atoms with Crippen LogP contribution in [0.1, 0.15) is 34.5 Å². The second-order valence-corrected chi connectivity index (χ2v) is 7.62. The Kier molecular flexibility index (Phi) is 3.94. The van der Waals surface area contributed by atoms with E-state index in [2.05, 4.69) is 16.4 Å². The number of carbonyl (C=O) groups excluding carboxylic acids is 3. The fraction of sp³-hybridized carbons (Fsp3) is 0.217. The van der Waals surface area contributed by atoms with E-state index < -0.39 is 11.9 Å². The summed E-state index contributed by atoms with van der Waals surface area (Å²) in [6.07, 6.45) is 2.47. The van der Waals surface area contributed by atoms with E-state index in [4.69, 9.17) is 0 Å². The first-order chi connectivity index (χ1) is 14.0. The van der Waals surface area contributed by atoms with Crippen LogP contribution in [0.2, 0.25) is 0 Å². The summed E-state index contributed by atoms with van der Waals surface area (Å²) in [6.45, 7) is 2.33. The normalized spacial score (nSPS) is 18.9. The molecule has 6 nitrogen and oxygen atoms in total. The predicted octanol–water partition coefficient (Wildman–Crippen LogP) is 2.97. The van der Waals surface area contributed by atoms with Gasteiger partial charge in [-0.15, -0.1) is 0 Å². The van der Waals surface area contributed by atoms with Gasteiger partial charge in [-0.2, -0.15) is 0 Å². The quantitative estimate of drug-likeness (QED) is 0.688. The van der Waals surface area contributed by atoms with E-state index in [1.54, 1.807) is 4.90 Å². The molecular formula is C23H19N3O3. The molecule has 6 heteroatoms. The number of amides is 3. The van der Waals surface area contributed by atoms with Gasteiger partial charge in [-0.3, -0.25) is 24.7 Å². The monoisotopic (exact) mass is 385 g/mol. The Bertz CT molecular complexity index is 1200. The van der Waals surface area contributed by atoms with Crippen LogP contribution >= 0.6 is 0 Å². The van der Waals surface area contributed by atoms with Crippen LogP contribution in [0.3, 0.4) is 0 Å². The van der Waals surface area contributed by atoms with Crippen molar-refractivity contribution in [3.63, 3.8) is 0 Å². The maximum Gasteiger partial charge on any atom is 0.255 e. The van der Waals surface area contributed by atoms with Crippen LogP contribution in [0, 0.1) is 6.92 Å².